The maximum absolute atomic E-state index is 5.59. The van der Waals surface area contributed by atoms with Crippen molar-refractivity contribution in [2.45, 2.75) is 32.5 Å². The fraction of sp³-hybridized carbons (Fsp3) is 0.818. The summed E-state index contributed by atoms with van der Waals surface area (Å²) in [5.74, 6) is 3.95. The third-order valence-electron chi connectivity index (χ3n) is 3.66. The summed E-state index contributed by atoms with van der Waals surface area (Å²) in [4.78, 5) is 0. The fourth-order valence-corrected chi connectivity index (χ4v) is 3.12. The van der Waals surface area contributed by atoms with E-state index in [4.69, 9.17) is 7.85 Å². The average Bonchev–Trinajstić information content (AvgIpc) is 2.55. The van der Waals surface area contributed by atoms with Crippen molar-refractivity contribution in [3.8, 4) is 0 Å². The quantitative estimate of drug-likeness (QED) is 0.439. The van der Waals surface area contributed by atoms with Crippen molar-refractivity contribution in [3.63, 3.8) is 0 Å². The molecule has 2 rings (SSSR count). The topological polar surface area (TPSA) is 0 Å². The number of fused-ring (bicyclic) bond motifs is 1. The van der Waals surface area contributed by atoms with E-state index in [9.17, 15) is 0 Å². The minimum atomic E-state index is 0.885. The second-order valence-electron chi connectivity index (χ2n) is 4.26. The van der Waals surface area contributed by atoms with Crippen LogP contribution in [0.5, 0.6) is 0 Å². The van der Waals surface area contributed by atoms with Crippen LogP contribution in [0.15, 0.2) is 12.2 Å². The molecule has 0 spiro atoms. The first-order chi connectivity index (χ1) is 5.88. The van der Waals surface area contributed by atoms with Gasteiger partial charge in [-0.2, -0.15) is 0 Å². The van der Waals surface area contributed by atoms with E-state index in [1.807, 2.05) is 0 Å². The first-order valence-electron chi connectivity index (χ1n) is 5.21. The van der Waals surface area contributed by atoms with E-state index in [0.29, 0.717) is 0 Å². The van der Waals surface area contributed by atoms with Crippen LogP contribution in [0.4, 0.5) is 0 Å². The zero-order valence-corrected chi connectivity index (χ0v) is 7.87. The van der Waals surface area contributed by atoms with Gasteiger partial charge in [-0.3, -0.25) is 0 Å². The maximum atomic E-state index is 5.59. The van der Waals surface area contributed by atoms with Crippen LogP contribution in [0.3, 0.4) is 0 Å². The predicted octanol–water partition coefficient (Wildman–Crippen LogP) is 2.81. The van der Waals surface area contributed by atoms with Crippen LogP contribution in [0.2, 0.25) is 6.32 Å². The Labute approximate surface area is 76.8 Å². The van der Waals surface area contributed by atoms with Crippen LogP contribution in [0, 0.1) is 23.7 Å². The monoisotopic (exact) mass is 160 g/mol. The van der Waals surface area contributed by atoms with Gasteiger partial charge >= 0.3 is 0 Å². The predicted molar refractivity (Wildman–Crippen MR) is 53.2 cm³/mol. The SMILES string of the molecule is [B]CC[C@@H]1CCC2C(/C=C/C)C21. The second-order valence-corrected chi connectivity index (χ2v) is 4.26. The summed E-state index contributed by atoms with van der Waals surface area (Å²) in [5.41, 5.74) is 0. The minimum Gasteiger partial charge on any atom is -0.0914 e. The Balaban J connectivity index is 1.89. The minimum absolute atomic E-state index is 0.885. The molecule has 2 aliphatic carbocycles. The molecule has 0 heterocycles. The summed E-state index contributed by atoms with van der Waals surface area (Å²) in [6.07, 6.45) is 9.66. The maximum Gasteiger partial charge on any atom is 0.0653 e. The van der Waals surface area contributed by atoms with Crippen LogP contribution in [0.1, 0.15) is 26.2 Å². The second kappa shape index (κ2) is 3.28. The molecule has 3 unspecified atom stereocenters. The molecule has 1 heteroatoms. The summed E-state index contributed by atoms with van der Waals surface area (Å²) in [6, 6.07) is 0. The number of allylic oxidation sites excluding steroid dienone is 2. The molecule has 0 amide bonds. The summed E-state index contributed by atoms with van der Waals surface area (Å²) < 4.78 is 0. The zero-order valence-electron chi connectivity index (χ0n) is 7.87. The Kier molecular flexibility index (Phi) is 2.30. The highest BCUT2D eigenvalue weighted by Crippen LogP contribution is 2.62. The van der Waals surface area contributed by atoms with Gasteiger partial charge in [0.25, 0.3) is 0 Å². The van der Waals surface area contributed by atoms with E-state index in [0.717, 1.165) is 30.0 Å². The number of rotatable bonds is 3. The molecule has 64 valence electrons. The van der Waals surface area contributed by atoms with Crippen LogP contribution in [0.25, 0.3) is 0 Å². The van der Waals surface area contributed by atoms with Gasteiger partial charge in [0.2, 0.25) is 0 Å². The van der Waals surface area contributed by atoms with Crippen LogP contribution < -0.4 is 0 Å². The van der Waals surface area contributed by atoms with Crippen LogP contribution in [-0.4, -0.2) is 7.85 Å². The van der Waals surface area contributed by atoms with Gasteiger partial charge in [-0.1, -0.05) is 24.9 Å². The van der Waals surface area contributed by atoms with Crippen molar-refractivity contribution in [1.29, 1.82) is 0 Å². The first kappa shape index (κ1) is 8.41. The molecule has 2 saturated carbocycles. The van der Waals surface area contributed by atoms with Gasteiger partial charge in [-0.25, -0.2) is 0 Å². The van der Waals surface area contributed by atoms with Crippen LogP contribution in [-0.2, 0) is 0 Å². The Morgan fingerprint density at radius 1 is 1.42 bits per heavy atom. The molecule has 0 aromatic heterocycles. The molecule has 0 nitrogen and oxygen atoms in total. The van der Waals surface area contributed by atoms with E-state index in [2.05, 4.69) is 19.1 Å². The lowest BCUT2D eigenvalue weighted by molar-refractivity contribution is 0.442. The van der Waals surface area contributed by atoms with Gasteiger partial charge in [0.05, 0.1) is 7.85 Å². The van der Waals surface area contributed by atoms with Crippen molar-refractivity contribution in [3.05, 3.63) is 12.2 Å². The summed E-state index contributed by atoms with van der Waals surface area (Å²) in [7, 11) is 5.59. The molecular formula is C11H17B. The average molecular weight is 160 g/mol. The summed E-state index contributed by atoms with van der Waals surface area (Å²) in [5, 5.41) is 0. The van der Waals surface area contributed by atoms with Crippen molar-refractivity contribution in [1.82, 2.24) is 0 Å². The highest BCUT2D eigenvalue weighted by Gasteiger charge is 2.55. The smallest absolute Gasteiger partial charge is 0.0653 e. The largest absolute Gasteiger partial charge is 0.0914 e. The van der Waals surface area contributed by atoms with Gasteiger partial charge < -0.3 is 0 Å². The summed E-state index contributed by atoms with van der Waals surface area (Å²) in [6.45, 7) is 2.13. The van der Waals surface area contributed by atoms with Crippen molar-refractivity contribution < 1.29 is 0 Å². The van der Waals surface area contributed by atoms with E-state index in [1.165, 1.54) is 19.3 Å². The van der Waals surface area contributed by atoms with Gasteiger partial charge in [0.1, 0.15) is 0 Å². The first-order valence-corrected chi connectivity index (χ1v) is 5.21. The molecule has 0 aromatic rings. The normalized spacial score (nSPS) is 45.1. The van der Waals surface area contributed by atoms with Gasteiger partial charge in [-0.05, 0) is 43.4 Å². The van der Waals surface area contributed by atoms with E-state index >= 15 is 0 Å². The molecule has 4 atom stereocenters. The molecule has 0 N–H and O–H groups in total. The Bertz CT molecular complexity index is 185. The molecular weight excluding hydrogens is 143 g/mol. The molecule has 2 fully saturated rings. The standard InChI is InChI=1S/C11H17B/c1-2-3-9-10-5-4-8(6-7-12)11(9)10/h2-3,8-11H,4-7H2,1H3/b3-2+/t8-,9?,10?,11?/m0/s1. The Morgan fingerprint density at radius 3 is 2.92 bits per heavy atom. The van der Waals surface area contributed by atoms with E-state index < -0.39 is 0 Å². The molecule has 0 bridgehead atoms. The van der Waals surface area contributed by atoms with Crippen molar-refractivity contribution >= 4 is 7.85 Å². The third kappa shape index (κ3) is 1.24. The third-order valence-corrected chi connectivity index (χ3v) is 3.66. The molecule has 2 radical (unpaired) electrons. The van der Waals surface area contributed by atoms with Crippen molar-refractivity contribution in [2.24, 2.45) is 23.7 Å². The zero-order chi connectivity index (χ0) is 8.55. The lowest BCUT2D eigenvalue weighted by Gasteiger charge is -2.10. The summed E-state index contributed by atoms with van der Waals surface area (Å²) >= 11 is 0. The molecule has 2 aliphatic rings. The van der Waals surface area contributed by atoms with E-state index in [1.54, 1.807) is 0 Å². The lowest BCUT2D eigenvalue weighted by atomic mass is 9.89. The van der Waals surface area contributed by atoms with Gasteiger partial charge in [0.15, 0.2) is 0 Å². The fourth-order valence-electron chi connectivity index (χ4n) is 3.12. The van der Waals surface area contributed by atoms with Crippen molar-refractivity contribution in [2.75, 3.05) is 0 Å². The number of hydrogen-bond acceptors (Lipinski definition) is 0. The Hall–Kier alpha value is -0.195. The highest BCUT2D eigenvalue weighted by atomic mass is 14.6. The number of hydrogen-bond donors (Lipinski definition) is 0. The molecule has 0 aliphatic heterocycles. The van der Waals surface area contributed by atoms with Crippen LogP contribution >= 0.6 is 0 Å². The lowest BCUT2D eigenvalue weighted by Crippen LogP contribution is -2.00. The van der Waals surface area contributed by atoms with Gasteiger partial charge in [-0.15, -0.1) is 0 Å². The molecule has 0 saturated heterocycles. The molecule has 12 heavy (non-hydrogen) atoms. The van der Waals surface area contributed by atoms with Gasteiger partial charge in [0, 0.05) is 0 Å². The van der Waals surface area contributed by atoms with E-state index in [-0.39, 0.29) is 0 Å². The molecule has 0 aromatic carbocycles. The Morgan fingerprint density at radius 2 is 2.25 bits per heavy atom. The highest BCUT2D eigenvalue weighted by molar-refractivity contribution is 6.08.